The first-order chi connectivity index (χ1) is 10.1. The summed E-state index contributed by atoms with van der Waals surface area (Å²) < 4.78 is 0. The van der Waals surface area contributed by atoms with Gasteiger partial charge in [0.1, 0.15) is 0 Å². The van der Waals surface area contributed by atoms with E-state index in [-0.39, 0.29) is 22.4 Å². The van der Waals surface area contributed by atoms with Gasteiger partial charge in [0.05, 0.1) is 5.56 Å². The fraction of sp³-hybridized carbons (Fsp3) is 0.444. The molecule has 22 heavy (non-hydrogen) atoms. The SMILES string of the molecule is CC(C)(C)CC(C)(C)NC(=O)c1cc(=O)[nH]c2ccccc12. The molecule has 2 aromatic rings. The Morgan fingerprint density at radius 3 is 2.41 bits per heavy atom. The van der Waals surface area contributed by atoms with Crippen LogP contribution < -0.4 is 10.9 Å². The van der Waals surface area contributed by atoms with Gasteiger partial charge in [0.15, 0.2) is 0 Å². The van der Waals surface area contributed by atoms with Crippen molar-refractivity contribution in [2.45, 2.75) is 46.6 Å². The zero-order chi connectivity index (χ0) is 16.5. The Hall–Kier alpha value is -2.10. The van der Waals surface area contributed by atoms with Crippen molar-refractivity contribution in [2.75, 3.05) is 0 Å². The van der Waals surface area contributed by atoms with Gasteiger partial charge in [-0.05, 0) is 31.7 Å². The maximum Gasteiger partial charge on any atom is 0.252 e. The first kappa shape index (κ1) is 16.3. The average molecular weight is 300 g/mol. The van der Waals surface area contributed by atoms with E-state index in [9.17, 15) is 9.59 Å². The first-order valence-electron chi connectivity index (χ1n) is 7.52. The van der Waals surface area contributed by atoms with Crippen LogP contribution in [-0.4, -0.2) is 16.4 Å². The number of benzene rings is 1. The number of hydrogen-bond donors (Lipinski definition) is 2. The second-order valence-electron chi connectivity index (χ2n) is 7.67. The fourth-order valence-corrected chi connectivity index (χ4v) is 3.14. The number of nitrogens with one attached hydrogen (secondary N) is 2. The third-order valence-electron chi connectivity index (χ3n) is 3.42. The highest BCUT2D eigenvalue weighted by Gasteiger charge is 2.28. The quantitative estimate of drug-likeness (QED) is 0.911. The first-order valence-corrected chi connectivity index (χ1v) is 7.52. The molecule has 1 aromatic heterocycles. The lowest BCUT2D eigenvalue weighted by Gasteiger charge is -2.33. The molecular formula is C18H24N2O2. The number of aromatic amines is 1. The molecule has 0 aliphatic carbocycles. The van der Waals surface area contributed by atoms with E-state index >= 15 is 0 Å². The van der Waals surface area contributed by atoms with Crippen molar-refractivity contribution in [2.24, 2.45) is 5.41 Å². The Kier molecular flexibility index (Phi) is 4.14. The van der Waals surface area contributed by atoms with Crippen LogP contribution in [0.25, 0.3) is 10.9 Å². The Bertz CT molecular complexity index is 752. The number of pyridine rings is 1. The molecule has 0 fully saturated rings. The molecule has 0 saturated heterocycles. The Morgan fingerprint density at radius 1 is 1.14 bits per heavy atom. The van der Waals surface area contributed by atoms with E-state index in [1.807, 2.05) is 32.0 Å². The standard InChI is InChI=1S/C18H24N2O2/c1-17(2,3)11-18(4,5)20-16(22)13-10-15(21)19-14-9-7-6-8-12(13)14/h6-10H,11H2,1-5H3,(H,19,21)(H,20,22). The van der Waals surface area contributed by atoms with Crippen molar-refractivity contribution in [1.82, 2.24) is 10.3 Å². The normalized spacial score (nSPS) is 12.4. The van der Waals surface area contributed by atoms with Gasteiger partial charge in [0.25, 0.3) is 5.91 Å². The summed E-state index contributed by atoms with van der Waals surface area (Å²) in [5.41, 5.74) is 0.582. The van der Waals surface area contributed by atoms with Crippen molar-refractivity contribution in [3.05, 3.63) is 46.2 Å². The van der Waals surface area contributed by atoms with Crippen LogP contribution in [0.2, 0.25) is 0 Å². The molecule has 4 nitrogen and oxygen atoms in total. The minimum absolute atomic E-state index is 0.104. The molecule has 0 aliphatic rings. The topological polar surface area (TPSA) is 62.0 Å². The van der Waals surface area contributed by atoms with Gasteiger partial charge in [0.2, 0.25) is 5.56 Å². The van der Waals surface area contributed by atoms with E-state index in [1.54, 1.807) is 6.07 Å². The molecule has 2 N–H and O–H groups in total. The molecule has 2 rings (SSSR count). The van der Waals surface area contributed by atoms with Gasteiger partial charge in [-0.1, -0.05) is 39.0 Å². The van der Waals surface area contributed by atoms with Crippen LogP contribution in [0.3, 0.4) is 0 Å². The van der Waals surface area contributed by atoms with Crippen molar-refractivity contribution in [1.29, 1.82) is 0 Å². The molecule has 118 valence electrons. The smallest absolute Gasteiger partial charge is 0.252 e. The van der Waals surface area contributed by atoms with Crippen LogP contribution in [0.15, 0.2) is 35.1 Å². The third kappa shape index (κ3) is 3.97. The number of carbonyl (C=O) groups excluding carboxylic acids is 1. The summed E-state index contributed by atoms with van der Waals surface area (Å²) in [7, 11) is 0. The van der Waals surface area contributed by atoms with Crippen molar-refractivity contribution in [3.8, 4) is 0 Å². The van der Waals surface area contributed by atoms with Crippen molar-refractivity contribution >= 4 is 16.8 Å². The molecule has 1 amide bonds. The van der Waals surface area contributed by atoms with Crippen molar-refractivity contribution < 1.29 is 4.79 Å². The van der Waals surface area contributed by atoms with Gasteiger partial charge in [-0.3, -0.25) is 9.59 Å². The molecule has 0 aliphatic heterocycles. The molecule has 0 unspecified atom stereocenters. The molecule has 0 saturated carbocycles. The maximum atomic E-state index is 12.6. The van der Waals surface area contributed by atoms with Gasteiger partial charge in [-0.15, -0.1) is 0 Å². The predicted molar refractivity (Wildman–Crippen MR) is 90.2 cm³/mol. The van der Waals surface area contributed by atoms with E-state index in [4.69, 9.17) is 0 Å². The molecule has 0 atom stereocenters. The van der Waals surface area contributed by atoms with Crippen LogP contribution in [0, 0.1) is 5.41 Å². The summed E-state index contributed by atoms with van der Waals surface area (Å²) in [6.07, 6.45) is 0.840. The molecule has 0 radical (unpaired) electrons. The predicted octanol–water partition coefficient (Wildman–Crippen LogP) is 3.47. The van der Waals surface area contributed by atoms with Gasteiger partial charge in [0, 0.05) is 22.5 Å². The Balaban J connectivity index is 2.36. The van der Waals surface area contributed by atoms with Gasteiger partial charge >= 0.3 is 0 Å². The lowest BCUT2D eigenvalue weighted by atomic mass is 9.81. The maximum absolute atomic E-state index is 12.6. The minimum Gasteiger partial charge on any atom is -0.347 e. The zero-order valence-corrected chi connectivity index (χ0v) is 13.9. The Morgan fingerprint density at radius 2 is 1.77 bits per heavy atom. The molecule has 4 heteroatoms. The van der Waals surface area contributed by atoms with Gasteiger partial charge in [-0.25, -0.2) is 0 Å². The second kappa shape index (κ2) is 5.59. The summed E-state index contributed by atoms with van der Waals surface area (Å²) in [6.45, 7) is 10.4. The summed E-state index contributed by atoms with van der Waals surface area (Å²) in [6, 6.07) is 8.71. The zero-order valence-electron chi connectivity index (χ0n) is 13.9. The summed E-state index contributed by atoms with van der Waals surface area (Å²) in [5, 5.41) is 3.81. The molecule has 1 aromatic carbocycles. The molecular weight excluding hydrogens is 276 g/mol. The largest absolute Gasteiger partial charge is 0.347 e. The van der Waals surface area contributed by atoms with Crippen LogP contribution in [0.1, 0.15) is 51.4 Å². The van der Waals surface area contributed by atoms with E-state index < -0.39 is 0 Å². The second-order valence-corrected chi connectivity index (χ2v) is 7.67. The highest BCUT2D eigenvalue weighted by molar-refractivity contribution is 6.06. The van der Waals surface area contributed by atoms with E-state index in [0.717, 1.165) is 11.8 Å². The summed E-state index contributed by atoms with van der Waals surface area (Å²) in [5.74, 6) is -0.212. The molecule has 0 spiro atoms. The fourth-order valence-electron chi connectivity index (χ4n) is 3.14. The highest BCUT2D eigenvalue weighted by Crippen LogP contribution is 2.27. The van der Waals surface area contributed by atoms with Gasteiger partial charge < -0.3 is 10.3 Å². The van der Waals surface area contributed by atoms with E-state index in [0.29, 0.717) is 11.1 Å². The third-order valence-corrected chi connectivity index (χ3v) is 3.42. The average Bonchev–Trinajstić information content (AvgIpc) is 2.33. The lowest BCUT2D eigenvalue weighted by molar-refractivity contribution is 0.0893. The summed E-state index contributed by atoms with van der Waals surface area (Å²) >= 11 is 0. The number of amides is 1. The number of hydrogen-bond acceptors (Lipinski definition) is 2. The van der Waals surface area contributed by atoms with Crippen LogP contribution in [0.5, 0.6) is 0 Å². The number of H-pyrrole nitrogens is 1. The number of rotatable bonds is 3. The molecule has 0 bridgehead atoms. The minimum atomic E-state index is -0.348. The van der Waals surface area contributed by atoms with E-state index in [1.165, 1.54) is 6.07 Å². The Labute approximate surface area is 130 Å². The molecule has 1 heterocycles. The number of para-hydroxylation sites is 1. The number of carbonyl (C=O) groups is 1. The van der Waals surface area contributed by atoms with Crippen molar-refractivity contribution in [3.63, 3.8) is 0 Å². The number of fused-ring (bicyclic) bond motifs is 1. The summed E-state index contributed by atoms with van der Waals surface area (Å²) in [4.78, 5) is 27.2. The number of aromatic nitrogens is 1. The van der Waals surface area contributed by atoms with Crippen LogP contribution in [-0.2, 0) is 0 Å². The van der Waals surface area contributed by atoms with Crippen LogP contribution >= 0.6 is 0 Å². The van der Waals surface area contributed by atoms with Gasteiger partial charge in [-0.2, -0.15) is 0 Å². The monoisotopic (exact) mass is 300 g/mol. The van der Waals surface area contributed by atoms with E-state index in [2.05, 4.69) is 31.1 Å². The van der Waals surface area contributed by atoms with Crippen LogP contribution in [0.4, 0.5) is 0 Å². The highest BCUT2D eigenvalue weighted by atomic mass is 16.2. The lowest BCUT2D eigenvalue weighted by Crippen LogP contribution is -2.46.